The van der Waals surface area contributed by atoms with Crippen molar-refractivity contribution < 1.29 is 112 Å². The van der Waals surface area contributed by atoms with E-state index in [2.05, 4.69) is 82.0 Å². The van der Waals surface area contributed by atoms with Crippen molar-refractivity contribution in [2.45, 2.75) is 149 Å². The van der Waals surface area contributed by atoms with Crippen LogP contribution in [0.2, 0.25) is 0 Å². The number of fused-ring (bicyclic) bond motifs is 15. The smallest absolute Gasteiger partial charge is 0.386 e. The summed E-state index contributed by atoms with van der Waals surface area (Å²) in [5.74, 6) is -0.0719. The largest absolute Gasteiger partial charge is 0.398 e. The molecule has 9 unspecified atom stereocenters. The molecule has 9 saturated heterocycles. The number of rotatable bonds is 6. The molecule has 0 aliphatic carbocycles. The Kier molecular flexibility index (Phi) is 25.0. The number of hydrogen-bond acceptors (Lipinski definition) is 44. The minimum absolute atomic E-state index is 0.0163. The van der Waals surface area contributed by atoms with Gasteiger partial charge >= 0.3 is 40.4 Å². The molecule has 24 atom stereocenters. The summed E-state index contributed by atoms with van der Waals surface area (Å²) in [6.07, 6.45) is 0.0991. The lowest BCUT2D eigenvalue weighted by atomic mass is 10.2. The van der Waals surface area contributed by atoms with E-state index < -0.39 is 168 Å². The van der Waals surface area contributed by atoms with E-state index in [9.17, 15) is 43.4 Å². The molecule has 129 heavy (non-hydrogen) atoms. The van der Waals surface area contributed by atoms with Gasteiger partial charge in [0.15, 0.2) is 57.8 Å². The Morgan fingerprint density at radius 2 is 0.713 bits per heavy atom. The third kappa shape index (κ3) is 19.1. The third-order valence-corrected chi connectivity index (χ3v) is 31.4. The molecule has 0 aromatic carbocycles. The lowest BCUT2D eigenvalue weighted by Crippen LogP contribution is -2.29. The zero-order valence-electron chi connectivity index (χ0n) is 65.8. The molecule has 12 aromatic heterocycles. The Morgan fingerprint density at radius 3 is 1.15 bits per heavy atom. The number of nitrogens with zero attached hydrogens (tertiary/aromatic N) is 17. The summed E-state index contributed by atoms with van der Waals surface area (Å²) in [5, 5.41) is 1.38. The fourth-order valence-corrected chi connectivity index (χ4v) is 25.1. The van der Waals surface area contributed by atoms with Gasteiger partial charge in [0, 0.05) is 74.4 Å². The van der Waals surface area contributed by atoms with Crippen molar-refractivity contribution in [2.75, 3.05) is 74.0 Å². The van der Waals surface area contributed by atoms with Crippen molar-refractivity contribution in [1.82, 2.24) is 97.2 Å². The van der Waals surface area contributed by atoms with Crippen LogP contribution in [0.4, 0.5) is 35.0 Å². The van der Waals surface area contributed by atoms with Gasteiger partial charge in [0.25, 0.3) is 16.7 Å². The molecule has 12 aromatic rings. The van der Waals surface area contributed by atoms with Crippen LogP contribution in [0.15, 0.2) is 95.1 Å². The standard InChI is InChI=1S/C22H26N8O9P2S2.2C21H25N9O9P2S2/c23-12-1-3-25-18-11(12)2-4-29(18)16-6-13-15(37-16)8-35-41(33,43)39-14-5-10(7-34-40(32,42)38-13)36-21(14)30-9-26-17-19(30)27-22(24)28-20(17)31;22-16-10-1-2-29(17(10)25-7-24-16)14-4-11-13(37-14)6-35-41(33,43)39-12-3-9(5-34-40(32,42)38-11)36-20(12)30-8-26-15-18(30)27-21(23)28-19(15)31;22-10-1-2-24-17-15(10)25-7-29(17)14-4-11-13(37-14)6-35-41(33,43)39-12-3-9(5-34-40(32,42)38-11)36-20(12)30-8-26-16-18(30)27-21(23)28-19(16)31/h1-4,9-10,13-16,21H,5-8H2,(H2,23,25)(H,32,42)(H,33,43)(H3,24,27,28,31);1-2,7-9,11-14,20H,3-6H2,(H,32,42)(H,33,43)(H2,22,24,25)(H3,23,27,28,31);1-2,7-9,11-14,20H,3-6H2,(H2,22,24)(H,32,42)(H,33,43)(H3,23,27,28,31)/t10-,13-,14+,15?,16+,21+,40?,41?;2*9-,11-,12+,13?,14+,20+,40?,41?/m000/s1. The first-order chi connectivity index (χ1) is 61.4. The van der Waals surface area contributed by atoms with Gasteiger partial charge in [-0.25, -0.2) is 44.4 Å². The van der Waals surface area contributed by atoms with Crippen LogP contribution >= 0.6 is 52.6 Å². The molecule has 21 rings (SSSR count). The third-order valence-electron chi connectivity index (χ3n) is 21.9. The van der Waals surface area contributed by atoms with Crippen LogP contribution in [-0.2, 0) is 146 Å². The van der Waals surface area contributed by atoms with Gasteiger partial charge < -0.3 is 142 Å². The highest BCUT2D eigenvalue weighted by Crippen LogP contribution is 2.61. The normalized spacial score (nSPS) is 35.4. The van der Waals surface area contributed by atoms with Crippen molar-refractivity contribution in [1.29, 1.82) is 0 Å². The fraction of sp³-hybridized carbons (Fsp3) is 0.469. The summed E-state index contributed by atoms with van der Waals surface area (Å²) in [4.78, 5) is 146. The van der Waals surface area contributed by atoms with Gasteiger partial charge in [0.05, 0.1) is 113 Å². The predicted molar refractivity (Wildman–Crippen MR) is 471 cm³/mol. The molecule has 0 radical (unpaired) electrons. The highest BCUT2D eigenvalue weighted by atomic mass is 32.7. The van der Waals surface area contributed by atoms with Gasteiger partial charge in [-0.1, -0.05) is 12.2 Å². The van der Waals surface area contributed by atoms with Crippen molar-refractivity contribution in [2.24, 2.45) is 0 Å². The highest BCUT2D eigenvalue weighted by Gasteiger charge is 2.51. The Labute approximate surface area is 752 Å². The molecule has 0 saturated carbocycles. The minimum Gasteiger partial charge on any atom is -0.398 e. The number of anilines is 6. The van der Waals surface area contributed by atoms with Crippen molar-refractivity contribution in [3.8, 4) is 0 Å². The molecule has 0 spiro atoms. The second-order valence-electron chi connectivity index (χ2n) is 30.3. The molecule has 9 fully saturated rings. The molecule has 690 valence electrons. The molecule has 21 heterocycles. The van der Waals surface area contributed by atoms with Crippen LogP contribution in [0.1, 0.15) is 75.9 Å². The summed E-state index contributed by atoms with van der Waals surface area (Å²) in [6, 6.07) is 6.91. The predicted octanol–water partition coefficient (Wildman–Crippen LogP) is 3.09. The van der Waals surface area contributed by atoms with Crippen LogP contribution in [-0.4, -0.2) is 235 Å². The first kappa shape index (κ1) is 90.8. The number of aromatic nitrogens is 20. The highest BCUT2D eigenvalue weighted by molar-refractivity contribution is 8.44. The second-order valence-corrected chi connectivity index (χ2v) is 47.2. The molecule has 65 heteroatoms. The average molecular weight is 2020 g/mol. The van der Waals surface area contributed by atoms with E-state index in [4.69, 9.17) is 176 Å². The van der Waals surface area contributed by atoms with Gasteiger partial charge in [-0.15, -0.1) is 0 Å². The van der Waals surface area contributed by atoms with Crippen LogP contribution < -0.4 is 51.1 Å². The molecule has 6 bridgehead atoms. The van der Waals surface area contributed by atoms with E-state index in [0.717, 1.165) is 5.39 Å². The number of pyridine rings is 2. The number of nitrogens with one attached hydrogen (secondary N) is 3. The van der Waals surface area contributed by atoms with E-state index >= 15 is 0 Å². The van der Waals surface area contributed by atoms with Crippen molar-refractivity contribution >= 4 is 213 Å². The van der Waals surface area contributed by atoms with Crippen LogP contribution in [0.3, 0.4) is 0 Å². The minimum atomic E-state index is -4.05. The lowest BCUT2D eigenvalue weighted by molar-refractivity contribution is -0.0594. The van der Waals surface area contributed by atoms with E-state index in [1.807, 2.05) is 6.07 Å². The molecule has 53 nitrogen and oxygen atoms in total. The Bertz CT molecular complexity index is 6240. The van der Waals surface area contributed by atoms with Gasteiger partial charge in [-0.05, 0) is 83.3 Å². The Balaban J connectivity index is 0.000000126. The summed E-state index contributed by atoms with van der Waals surface area (Å²) in [6.45, 7) is -24.7. The number of H-pyrrole nitrogens is 3. The van der Waals surface area contributed by atoms with E-state index in [1.54, 1.807) is 56.7 Å². The Hall–Kier alpha value is -7.31. The van der Waals surface area contributed by atoms with Crippen LogP contribution in [0, 0.1) is 0 Å². The molecule has 20 N–H and O–H groups in total. The molecule has 0 amide bonds. The summed E-state index contributed by atoms with van der Waals surface area (Å²) in [5.41, 5.74) is 37.2. The number of nitrogen functional groups attached to an aromatic ring is 6. The maximum atomic E-state index is 13.5. The van der Waals surface area contributed by atoms with E-state index in [-0.39, 0.29) is 130 Å². The summed E-state index contributed by atoms with van der Waals surface area (Å²) < 4.78 is 130. The van der Waals surface area contributed by atoms with Gasteiger partial charge in [-0.2, -0.15) is 15.0 Å². The maximum absolute atomic E-state index is 13.5. The van der Waals surface area contributed by atoms with Gasteiger partial charge in [-0.3, -0.25) is 56.7 Å². The summed E-state index contributed by atoms with van der Waals surface area (Å²) >= 11 is 30.9. The second kappa shape index (κ2) is 35.5. The SMILES string of the molecule is Nc1nc2c(ncn2[C@@H]2O[C@@H]3COP(O)(=S)O[C@H]4C[C@H](n5ccc6c(N)ccnc65)OC4COP(=O)(S)O[C@@H]2C3)c(=O)[nH]1.Nc1nc2c(ncn2[C@@H]2O[C@@H]3COP(O)(=S)O[C@H]4C[C@H](n5ccc6c(N)ncnc65)OC4COP(O)(=S)O[C@@H]2C3)c(=O)[nH]1.Nc1nc2c(ncn2[C@@H]2O[C@@H]3COP(O)(=S)O[C@H]4C[C@H](n5cnc6c(N)ccnc65)OC4COP(O)(=S)O[C@@H]2C3)c(=O)[nH]1. The average Bonchev–Trinajstić information content (AvgIpc) is 1.60. The number of ether oxygens (including phenoxy) is 6. The first-order valence-corrected chi connectivity index (χ1v) is 54.4. The van der Waals surface area contributed by atoms with Crippen molar-refractivity contribution in [3.05, 3.63) is 112 Å². The van der Waals surface area contributed by atoms with Crippen LogP contribution in [0.25, 0.3) is 66.7 Å². The van der Waals surface area contributed by atoms with Gasteiger partial charge in [0.2, 0.25) is 17.8 Å². The van der Waals surface area contributed by atoms with Crippen molar-refractivity contribution in [3.63, 3.8) is 0 Å². The monoisotopic (exact) mass is 2020 g/mol. The maximum Gasteiger partial charge on any atom is 0.386 e. The lowest BCUT2D eigenvalue weighted by Gasteiger charge is -2.27. The number of imidazole rings is 4. The quantitative estimate of drug-likeness (QED) is 0.0840. The van der Waals surface area contributed by atoms with Gasteiger partial charge in [0.1, 0.15) is 84.3 Å². The zero-order chi connectivity index (χ0) is 90.3. The van der Waals surface area contributed by atoms with Crippen LogP contribution in [0.5, 0.6) is 0 Å². The Morgan fingerprint density at radius 1 is 0.364 bits per heavy atom. The molecule has 9 aliphatic rings. The first-order valence-electron chi connectivity index (χ1n) is 38.8. The fourth-order valence-electron chi connectivity index (χ4n) is 16.2. The molecular formula is C64H76N26O27P6S6. The van der Waals surface area contributed by atoms with E-state index in [0.29, 0.717) is 45.0 Å². The number of hydrogen-bond donors (Lipinski definition) is 15. The summed E-state index contributed by atoms with van der Waals surface area (Å²) in [7, 11) is 0. The van der Waals surface area contributed by atoms with E-state index in [1.165, 1.54) is 45.3 Å². The number of aromatic amines is 3. The zero-order valence-corrected chi connectivity index (χ0v) is 76.2. The molecular weight excluding hydrogens is 1940 g/mol. The number of nitrogens with two attached hydrogens (primary N) is 6. The topological polar surface area (TPSA) is 710 Å². The number of thiol groups is 1. The molecule has 9 aliphatic heterocycles.